The van der Waals surface area contributed by atoms with Crippen molar-refractivity contribution in [3.05, 3.63) is 0 Å². The highest BCUT2D eigenvalue weighted by atomic mass is 16.5. The summed E-state index contributed by atoms with van der Waals surface area (Å²) in [5.74, 6) is 0. The van der Waals surface area contributed by atoms with Crippen molar-refractivity contribution in [2.75, 3.05) is 13.2 Å². The van der Waals surface area contributed by atoms with Crippen LogP contribution in [-0.4, -0.2) is 24.4 Å². The first-order valence-corrected chi connectivity index (χ1v) is 4.59. The predicted octanol–water partition coefficient (Wildman–Crippen LogP) is 1.33. The summed E-state index contributed by atoms with van der Waals surface area (Å²) in [6.07, 6.45) is 6.07. The summed E-state index contributed by atoms with van der Waals surface area (Å²) in [5, 5.41) is 9.68. The third-order valence-corrected chi connectivity index (χ3v) is 3.22. The van der Waals surface area contributed by atoms with Crippen molar-refractivity contribution in [3.8, 4) is 0 Å². The average Bonchev–Trinajstić information content (AvgIpc) is 2.36. The lowest BCUT2D eigenvalue weighted by atomic mass is 9.72. The van der Waals surface area contributed by atoms with Gasteiger partial charge in [0.1, 0.15) is 0 Å². The van der Waals surface area contributed by atoms with Crippen LogP contribution >= 0.6 is 0 Å². The van der Waals surface area contributed by atoms with Crippen LogP contribution in [0.15, 0.2) is 0 Å². The first kappa shape index (κ1) is 7.56. The van der Waals surface area contributed by atoms with Gasteiger partial charge in [-0.2, -0.15) is 0 Å². The molecule has 1 saturated heterocycles. The lowest BCUT2D eigenvalue weighted by Crippen LogP contribution is -2.35. The Morgan fingerprint density at radius 3 is 2.45 bits per heavy atom. The van der Waals surface area contributed by atoms with E-state index in [-0.39, 0.29) is 11.5 Å². The zero-order valence-electron chi connectivity index (χ0n) is 6.88. The van der Waals surface area contributed by atoms with Crippen LogP contribution in [0.5, 0.6) is 0 Å². The van der Waals surface area contributed by atoms with Crippen molar-refractivity contribution in [2.24, 2.45) is 5.41 Å². The van der Waals surface area contributed by atoms with Gasteiger partial charge in [0.2, 0.25) is 0 Å². The molecule has 1 aliphatic carbocycles. The highest BCUT2D eigenvalue weighted by Crippen LogP contribution is 2.42. The molecule has 0 amide bonds. The first-order valence-electron chi connectivity index (χ1n) is 4.59. The maximum absolute atomic E-state index is 9.68. The molecule has 2 nitrogen and oxygen atoms in total. The maximum Gasteiger partial charge on any atom is 0.0851 e. The van der Waals surface area contributed by atoms with Gasteiger partial charge in [-0.15, -0.1) is 0 Å². The summed E-state index contributed by atoms with van der Waals surface area (Å²) in [4.78, 5) is 0. The van der Waals surface area contributed by atoms with Gasteiger partial charge in [0.15, 0.2) is 0 Å². The zero-order valence-corrected chi connectivity index (χ0v) is 6.88. The molecular weight excluding hydrogens is 140 g/mol. The summed E-state index contributed by atoms with van der Waals surface area (Å²) in [5.41, 5.74) is 0.165. The lowest BCUT2D eigenvalue weighted by Gasteiger charge is -2.34. The highest BCUT2D eigenvalue weighted by molar-refractivity contribution is 4.92. The molecule has 2 fully saturated rings. The first-order chi connectivity index (χ1) is 5.33. The molecule has 1 N–H and O–H groups in total. The molecule has 1 spiro atoms. The van der Waals surface area contributed by atoms with Crippen LogP contribution in [0, 0.1) is 5.41 Å². The minimum absolute atomic E-state index is 0.165. The van der Waals surface area contributed by atoms with Crippen molar-refractivity contribution in [1.82, 2.24) is 0 Å². The molecule has 1 saturated carbocycles. The molecule has 1 aliphatic heterocycles. The second-order valence-corrected chi connectivity index (χ2v) is 3.95. The number of aliphatic hydroxyl groups is 1. The molecule has 64 valence electrons. The standard InChI is InChI=1S/C9H16O2/c10-8-6-11-7-9(8)4-2-1-3-5-9/h8,10H,1-7H2. The fourth-order valence-corrected chi connectivity index (χ4v) is 2.38. The van der Waals surface area contributed by atoms with Crippen LogP contribution in [-0.2, 0) is 4.74 Å². The van der Waals surface area contributed by atoms with Gasteiger partial charge in [-0.1, -0.05) is 19.3 Å². The molecule has 0 aromatic rings. The molecule has 2 aliphatic rings. The lowest BCUT2D eigenvalue weighted by molar-refractivity contribution is 0.0389. The Kier molecular flexibility index (Phi) is 1.90. The third-order valence-electron chi connectivity index (χ3n) is 3.22. The minimum atomic E-state index is -0.178. The Morgan fingerprint density at radius 2 is 1.91 bits per heavy atom. The van der Waals surface area contributed by atoms with Gasteiger partial charge in [-0.05, 0) is 12.8 Å². The van der Waals surface area contributed by atoms with Crippen molar-refractivity contribution in [1.29, 1.82) is 0 Å². The minimum Gasteiger partial charge on any atom is -0.390 e. The third kappa shape index (κ3) is 1.18. The topological polar surface area (TPSA) is 29.5 Å². The fourth-order valence-electron chi connectivity index (χ4n) is 2.38. The fraction of sp³-hybridized carbons (Fsp3) is 1.00. The van der Waals surface area contributed by atoms with E-state index >= 15 is 0 Å². The molecule has 0 aromatic heterocycles. The van der Waals surface area contributed by atoms with Gasteiger partial charge >= 0.3 is 0 Å². The summed E-state index contributed by atoms with van der Waals surface area (Å²) in [6, 6.07) is 0. The van der Waals surface area contributed by atoms with E-state index in [9.17, 15) is 5.11 Å². The quantitative estimate of drug-likeness (QED) is 0.573. The van der Waals surface area contributed by atoms with Gasteiger partial charge in [0.05, 0.1) is 19.3 Å². The van der Waals surface area contributed by atoms with Gasteiger partial charge in [-0.25, -0.2) is 0 Å². The summed E-state index contributed by atoms with van der Waals surface area (Å²) in [7, 11) is 0. The van der Waals surface area contributed by atoms with E-state index in [4.69, 9.17) is 4.74 Å². The van der Waals surface area contributed by atoms with E-state index in [2.05, 4.69) is 0 Å². The molecular formula is C9H16O2. The van der Waals surface area contributed by atoms with Crippen LogP contribution in [0.2, 0.25) is 0 Å². The van der Waals surface area contributed by atoms with Gasteiger partial charge in [0, 0.05) is 5.41 Å². The van der Waals surface area contributed by atoms with Crippen molar-refractivity contribution >= 4 is 0 Å². The molecule has 0 radical (unpaired) electrons. The van der Waals surface area contributed by atoms with Gasteiger partial charge in [-0.3, -0.25) is 0 Å². The number of hydrogen-bond donors (Lipinski definition) is 1. The Labute approximate surface area is 67.6 Å². The second-order valence-electron chi connectivity index (χ2n) is 3.95. The van der Waals surface area contributed by atoms with Crippen LogP contribution in [0.1, 0.15) is 32.1 Å². The van der Waals surface area contributed by atoms with E-state index in [1.54, 1.807) is 0 Å². The average molecular weight is 156 g/mol. The van der Waals surface area contributed by atoms with Gasteiger partial charge < -0.3 is 9.84 Å². The number of aliphatic hydroxyl groups excluding tert-OH is 1. The summed E-state index contributed by atoms with van der Waals surface area (Å²) < 4.78 is 5.30. The van der Waals surface area contributed by atoms with E-state index in [1.807, 2.05) is 0 Å². The van der Waals surface area contributed by atoms with Crippen molar-refractivity contribution in [3.63, 3.8) is 0 Å². The van der Waals surface area contributed by atoms with Crippen molar-refractivity contribution in [2.45, 2.75) is 38.2 Å². The molecule has 11 heavy (non-hydrogen) atoms. The molecule has 2 rings (SSSR count). The molecule has 0 aromatic carbocycles. The maximum atomic E-state index is 9.68. The molecule has 1 unspecified atom stereocenters. The van der Waals surface area contributed by atoms with Gasteiger partial charge in [0.25, 0.3) is 0 Å². The number of rotatable bonds is 0. The zero-order chi connectivity index (χ0) is 7.73. The Hall–Kier alpha value is -0.0800. The molecule has 1 atom stereocenters. The van der Waals surface area contributed by atoms with E-state index in [0.717, 1.165) is 6.61 Å². The van der Waals surface area contributed by atoms with Crippen molar-refractivity contribution < 1.29 is 9.84 Å². The summed E-state index contributed by atoms with van der Waals surface area (Å²) >= 11 is 0. The molecule has 2 heteroatoms. The number of hydrogen-bond acceptors (Lipinski definition) is 2. The van der Waals surface area contributed by atoms with Crippen LogP contribution in [0.25, 0.3) is 0 Å². The highest BCUT2D eigenvalue weighted by Gasteiger charge is 2.43. The SMILES string of the molecule is OC1COCC12CCCCC2. The second kappa shape index (κ2) is 2.76. The largest absolute Gasteiger partial charge is 0.390 e. The van der Waals surface area contributed by atoms with Crippen LogP contribution in [0.4, 0.5) is 0 Å². The predicted molar refractivity (Wildman–Crippen MR) is 42.3 cm³/mol. The Morgan fingerprint density at radius 1 is 1.18 bits per heavy atom. The smallest absolute Gasteiger partial charge is 0.0851 e. The van der Waals surface area contributed by atoms with E-state index in [1.165, 1.54) is 32.1 Å². The Bertz CT molecular complexity index is 138. The molecule has 0 bridgehead atoms. The normalized spacial score (nSPS) is 36.3. The van der Waals surface area contributed by atoms with Crippen LogP contribution < -0.4 is 0 Å². The summed E-state index contributed by atoms with van der Waals surface area (Å²) in [6.45, 7) is 1.37. The van der Waals surface area contributed by atoms with E-state index in [0.29, 0.717) is 6.61 Å². The van der Waals surface area contributed by atoms with E-state index < -0.39 is 0 Å². The monoisotopic (exact) mass is 156 g/mol. The number of ether oxygens (including phenoxy) is 1. The van der Waals surface area contributed by atoms with Crippen LogP contribution in [0.3, 0.4) is 0 Å². The molecule has 1 heterocycles. The Balaban J connectivity index is 2.06.